The van der Waals surface area contributed by atoms with Crippen molar-refractivity contribution in [2.75, 3.05) is 31.1 Å². The zero-order valence-corrected chi connectivity index (χ0v) is 15.1. The third-order valence-electron chi connectivity index (χ3n) is 5.01. The van der Waals surface area contributed by atoms with Gasteiger partial charge in [0.25, 0.3) is 0 Å². The van der Waals surface area contributed by atoms with Gasteiger partial charge in [-0.1, -0.05) is 6.92 Å². The van der Waals surface area contributed by atoms with Crippen LogP contribution in [0.15, 0.2) is 18.2 Å². The topological polar surface area (TPSA) is 75.7 Å². The van der Waals surface area contributed by atoms with Gasteiger partial charge in [0, 0.05) is 19.1 Å². The van der Waals surface area contributed by atoms with Crippen LogP contribution >= 0.6 is 0 Å². The molecule has 2 heterocycles. The first-order valence-corrected chi connectivity index (χ1v) is 8.64. The Hall–Kier alpha value is -2.48. The summed E-state index contributed by atoms with van der Waals surface area (Å²) in [5.74, 6) is -0.452. The summed E-state index contributed by atoms with van der Waals surface area (Å²) in [7, 11) is 0. The fourth-order valence-corrected chi connectivity index (χ4v) is 3.74. The number of nitrogens with zero attached hydrogens (tertiary/aromatic N) is 2. The van der Waals surface area contributed by atoms with E-state index in [0.29, 0.717) is 30.4 Å². The summed E-state index contributed by atoms with van der Waals surface area (Å²) in [6, 6.07) is 4.47. The Labute approximate surface area is 151 Å². The molecule has 1 aromatic rings. The van der Waals surface area contributed by atoms with Crippen molar-refractivity contribution in [1.29, 1.82) is 0 Å². The molecule has 3 rings (SSSR count). The van der Waals surface area contributed by atoms with Gasteiger partial charge < -0.3 is 10.1 Å². The summed E-state index contributed by atoms with van der Waals surface area (Å²) in [5.41, 5.74) is 0.707. The third-order valence-corrected chi connectivity index (χ3v) is 5.01. The maximum absolute atomic E-state index is 14.8. The van der Waals surface area contributed by atoms with Crippen molar-refractivity contribution in [3.63, 3.8) is 0 Å². The number of ether oxygens (including phenoxy) is 1. The molecule has 0 radical (unpaired) electrons. The minimum absolute atomic E-state index is 0.00286. The summed E-state index contributed by atoms with van der Waals surface area (Å²) < 4.78 is 20.0. The second kappa shape index (κ2) is 6.68. The number of carbonyl (C=O) groups excluding carboxylic acids is 3. The lowest BCUT2D eigenvalue weighted by atomic mass is 9.95. The molecular formula is C18H23FN3O4+. The molecule has 0 aliphatic carbocycles. The number of benzene rings is 1. The summed E-state index contributed by atoms with van der Waals surface area (Å²) in [6.07, 6.45) is -1.07. The van der Waals surface area contributed by atoms with Gasteiger partial charge in [0.2, 0.25) is 5.91 Å². The fraction of sp³-hybridized carbons (Fsp3) is 0.500. The predicted octanol–water partition coefficient (Wildman–Crippen LogP) is 1.79. The minimum Gasteiger partial charge on any atom is -0.442 e. The number of nitrogens with one attached hydrogen (secondary N) is 1. The van der Waals surface area contributed by atoms with E-state index in [2.05, 4.69) is 5.32 Å². The summed E-state index contributed by atoms with van der Waals surface area (Å²) in [4.78, 5) is 36.5. The number of halogens is 1. The van der Waals surface area contributed by atoms with Crippen LogP contribution in [0.25, 0.3) is 0 Å². The van der Waals surface area contributed by atoms with Crippen LogP contribution in [-0.2, 0) is 14.3 Å². The van der Waals surface area contributed by atoms with Crippen LogP contribution < -0.4 is 14.7 Å². The van der Waals surface area contributed by atoms with Gasteiger partial charge in [0.05, 0.1) is 44.7 Å². The van der Waals surface area contributed by atoms with Gasteiger partial charge in [-0.05, 0) is 6.07 Å². The van der Waals surface area contributed by atoms with Crippen LogP contribution in [0, 0.1) is 11.7 Å². The van der Waals surface area contributed by atoms with Crippen LogP contribution in [0.4, 0.5) is 20.6 Å². The molecule has 2 aliphatic heterocycles. The average Bonchev–Trinajstić information content (AvgIpc) is 2.90. The predicted molar refractivity (Wildman–Crippen MR) is 94.1 cm³/mol. The number of carbonyl (C=O) groups is 3. The third kappa shape index (κ3) is 3.16. The van der Waals surface area contributed by atoms with E-state index in [4.69, 9.17) is 4.74 Å². The van der Waals surface area contributed by atoms with Gasteiger partial charge in [-0.25, -0.2) is 18.5 Å². The highest BCUT2D eigenvalue weighted by molar-refractivity contribution is 5.91. The van der Waals surface area contributed by atoms with Crippen molar-refractivity contribution in [3.05, 3.63) is 24.0 Å². The molecule has 2 saturated heterocycles. The molecule has 2 fully saturated rings. The quantitative estimate of drug-likeness (QED) is 0.827. The number of anilines is 1. The smallest absolute Gasteiger partial charge is 0.414 e. The minimum atomic E-state index is -0.583. The Bertz CT molecular complexity index is 761. The van der Waals surface area contributed by atoms with E-state index < -0.39 is 18.0 Å². The molecule has 0 aromatic heterocycles. The highest BCUT2D eigenvalue weighted by Gasteiger charge is 2.49. The molecule has 0 spiro atoms. The molecule has 1 atom stereocenters. The Kier molecular flexibility index (Phi) is 4.70. The second-order valence-electron chi connectivity index (χ2n) is 7.15. The molecule has 0 saturated carbocycles. The lowest BCUT2D eigenvalue weighted by Crippen LogP contribution is -2.67. The van der Waals surface area contributed by atoms with E-state index in [1.54, 1.807) is 12.1 Å². The van der Waals surface area contributed by atoms with Crippen molar-refractivity contribution in [3.8, 4) is 0 Å². The molecule has 140 valence electrons. The van der Waals surface area contributed by atoms with Crippen molar-refractivity contribution < 1.29 is 23.5 Å². The highest BCUT2D eigenvalue weighted by Crippen LogP contribution is 2.38. The molecule has 3 amide bonds. The lowest BCUT2D eigenvalue weighted by molar-refractivity contribution is -0.133. The number of rotatable bonds is 4. The standard InChI is InChI=1S/C18H22FN3O4/c1-11-9-22(10-11,13(3)24)17-5-4-14(6-16(17)19)21-8-15(26-18(21)25)7-20-12(2)23/h4-6,11,15H,7-10H2,1-3H3/p+1. The normalized spacial score (nSPS) is 27.7. The van der Waals surface area contributed by atoms with Crippen LogP contribution in [0.1, 0.15) is 20.8 Å². The average molecular weight is 364 g/mol. The van der Waals surface area contributed by atoms with Gasteiger partial charge in [-0.15, -0.1) is 0 Å². The number of cyclic esters (lactones) is 1. The van der Waals surface area contributed by atoms with E-state index in [1.165, 1.54) is 24.8 Å². The van der Waals surface area contributed by atoms with Gasteiger partial charge in [-0.2, -0.15) is 0 Å². The maximum Gasteiger partial charge on any atom is 0.414 e. The van der Waals surface area contributed by atoms with Crippen LogP contribution in [-0.4, -0.2) is 50.2 Å². The number of hydrogen-bond acceptors (Lipinski definition) is 4. The number of quaternary nitrogens is 1. The van der Waals surface area contributed by atoms with E-state index >= 15 is 0 Å². The summed E-state index contributed by atoms with van der Waals surface area (Å²) in [6.45, 7) is 6.48. The molecule has 1 unspecified atom stereocenters. The molecule has 0 bridgehead atoms. The molecular weight excluding hydrogens is 341 g/mol. The molecule has 26 heavy (non-hydrogen) atoms. The first-order valence-electron chi connectivity index (χ1n) is 8.64. The first-order chi connectivity index (χ1) is 12.2. The van der Waals surface area contributed by atoms with E-state index in [0.717, 1.165) is 0 Å². The van der Waals surface area contributed by atoms with Gasteiger partial charge >= 0.3 is 12.0 Å². The van der Waals surface area contributed by atoms with Crippen molar-refractivity contribution in [1.82, 2.24) is 9.80 Å². The Morgan fingerprint density at radius 2 is 2.04 bits per heavy atom. The van der Waals surface area contributed by atoms with Crippen molar-refractivity contribution in [2.45, 2.75) is 26.9 Å². The number of hydrogen-bond donors (Lipinski definition) is 1. The van der Waals surface area contributed by atoms with E-state index in [1.807, 2.05) is 6.92 Å². The van der Waals surface area contributed by atoms with Crippen molar-refractivity contribution >= 4 is 29.3 Å². The second-order valence-corrected chi connectivity index (χ2v) is 7.15. The van der Waals surface area contributed by atoms with Gasteiger partial charge in [-0.3, -0.25) is 9.69 Å². The number of amides is 3. The van der Waals surface area contributed by atoms with Gasteiger partial charge in [0.15, 0.2) is 11.5 Å². The fourth-order valence-electron chi connectivity index (χ4n) is 3.74. The highest BCUT2D eigenvalue weighted by atomic mass is 19.1. The Morgan fingerprint density at radius 3 is 2.58 bits per heavy atom. The first kappa shape index (κ1) is 18.3. The summed E-state index contributed by atoms with van der Waals surface area (Å²) >= 11 is 0. The summed E-state index contributed by atoms with van der Waals surface area (Å²) in [5, 5.41) is 2.60. The molecule has 8 heteroatoms. The van der Waals surface area contributed by atoms with Crippen LogP contribution in [0.3, 0.4) is 0 Å². The lowest BCUT2D eigenvalue weighted by Gasteiger charge is -2.45. The molecule has 2 aliphatic rings. The van der Waals surface area contributed by atoms with E-state index in [9.17, 15) is 18.8 Å². The zero-order chi connectivity index (χ0) is 19.1. The van der Waals surface area contributed by atoms with Crippen LogP contribution in [0.2, 0.25) is 0 Å². The van der Waals surface area contributed by atoms with Gasteiger partial charge in [0.1, 0.15) is 6.10 Å². The Balaban J connectivity index is 1.79. The van der Waals surface area contributed by atoms with Crippen molar-refractivity contribution in [2.24, 2.45) is 5.92 Å². The molecule has 1 aromatic carbocycles. The SMILES string of the molecule is CC(=O)NCC1CN(c2ccc([N+]3(C(C)=O)CC(C)C3)c(F)c2)C(=O)O1. The largest absolute Gasteiger partial charge is 0.442 e. The van der Waals surface area contributed by atoms with Crippen LogP contribution in [0.5, 0.6) is 0 Å². The maximum atomic E-state index is 14.8. The monoisotopic (exact) mass is 364 g/mol. The number of likely N-dealkylation sites (tertiary alicyclic amines) is 1. The molecule has 1 N–H and O–H groups in total. The zero-order valence-electron chi connectivity index (χ0n) is 15.1. The van der Waals surface area contributed by atoms with E-state index in [-0.39, 0.29) is 29.4 Å². The Morgan fingerprint density at radius 1 is 1.35 bits per heavy atom. The molecule has 7 nitrogen and oxygen atoms in total.